The van der Waals surface area contributed by atoms with Crippen LogP contribution in [0.15, 0.2) is 30.3 Å². The molecule has 4 nitrogen and oxygen atoms in total. The summed E-state index contributed by atoms with van der Waals surface area (Å²) in [5, 5.41) is 1.88. The van der Waals surface area contributed by atoms with Crippen LogP contribution in [-0.4, -0.2) is 31.1 Å². The normalized spacial score (nSPS) is 22.6. The molecule has 0 saturated carbocycles. The Bertz CT molecular complexity index is 531. The first-order chi connectivity index (χ1) is 9.80. The number of nitrogens with one attached hydrogen (secondary N) is 1. The lowest BCUT2D eigenvalue weighted by Crippen LogP contribution is -2.54. The van der Waals surface area contributed by atoms with Crippen LogP contribution in [0.2, 0.25) is 0 Å². The Kier molecular flexibility index (Phi) is 4.20. The van der Waals surface area contributed by atoms with Crippen molar-refractivity contribution in [2.75, 3.05) is 11.9 Å². The molecule has 114 valence electrons. The fourth-order valence-electron chi connectivity index (χ4n) is 2.30. The highest BCUT2D eigenvalue weighted by Gasteiger charge is 2.46. The first-order valence-electron chi connectivity index (χ1n) is 6.50. The number of para-hydroxylation sites is 1. The number of rotatable bonds is 2. The second-order valence-electron chi connectivity index (χ2n) is 4.97. The van der Waals surface area contributed by atoms with Crippen LogP contribution < -0.4 is 10.2 Å². The number of piperidine rings is 1. The zero-order valence-corrected chi connectivity index (χ0v) is 11.4. The van der Waals surface area contributed by atoms with Crippen molar-refractivity contribution in [1.29, 1.82) is 0 Å². The van der Waals surface area contributed by atoms with Gasteiger partial charge in [0.25, 0.3) is 0 Å². The van der Waals surface area contributed by atoms with Crippen LogP contribution in [0.4, 0.5) is 18.9 Å². The van der Waals surface area contributed by atoms with Crippen molar-refractivity contribution < 1.29 is 22.8 Å². The molecule has 2 rings (SSSR count). The fraction of sp³-hybridized carbons (Fsp3) is 0.429. The molecular formula is C14H15F3N2O2. The molecule has 0 aromatic heterocycles. The van der Waals surface area contributed by atoms with Crippen LogP contribution in [0.1, 0.15) is 12.8 Å². The third-order valence-corrected chi connectivity index (χ3v) is 3.54. The average Bonchev–Trinajstić information content (AvgIpc) is 2.45. The summed E-state index contributed by atoms with van der Waals surface area (Å²) in [6.07, 6.45) is -4.87. The molecule has 0 unspecified atom stereocenters. The molecule has 1 fully saturated rings. The summed E-state index contributed by atoms with van der Waals surface area (Å²) in [6.45, 7) is 0. The molecule has 2 amide bonds. The van der Waals surface area contributed by atoms with Gasteiger partial charge in [-0.3, -0.25) is 9.59 Å². The van der Waals surface area contributed by atoms with Gasteiger partial charge >= 0.3 is 6.18 Å². The Morgan fingerprint density at radius 3 is 2.38 bits per heavy atom. The lowest BCUT2D eigenvalue weighted by molar-refractivity contribution is -0.171. The number of hydrogen-bond donors (Lipinski definition) is 1. The summed E-state index contributed by atoms with van der Waals surface area (Å²) in [5.41, 5.74) is 0.591. The molecule has 0 radical (unpaired) electrons. The number of carbonyl (C=O) groups excluding carboxylic acids is 2. The Morgan fingerprint density at radius 1 is 1.24 bits per heavy atom. The predicted octanol–water partition coefficient (Wildman–Crippen LogP) is 2.11. The molecular weight excluding hydrogens is 285 g/mol. The third kappa shape index (κ3) is 3.34. The molecule has 0 spiro atoms. The maximum absolute atomic E-state index is 12.6. The SMILES string of the molecule is CN(C(=O)[C@H]1CC[C@@H](C(F)(F)F)NC1=O)c1ccccc1. The second kappa shape index (κ2) is 5.75. The standard InChI is InChI=1S/C14H15F3N2O2/c1-19(9-5-3-2-4-6-9)13(21)10-7-8-11(14(15,16)17)18-12(10)20/h2-6,10-11H,7-8H2,1H3,(H,18,20)/t10-,11-/m0/s1. The average molecular weight is 300 g/mol. The molecule has 1 aromatic rings. The fourth-order valence-corrected chi connectivity index (χ4v) is 2.30. The summed E-state index contributed by atoms with van der Waals surface area (Å²) in [4.78, 5) is 25.3. The molecule has 21 heavy (non-hydrogen) atoms. The largest absolute Gasteiger partial charge is 0.408 e. The first kappa shape index (κ1) is 15.3. The summed E-state index contributed by atoms with van der Waals surface area (Å²) >= 11 is 0. The Morgan fingerprint density at radius 2 is 1.86 bits per heavy atom. The summed E-state index contributed by atoms with van der Waals surface area (Å²) in [7, 11) is 1.50. The zero-order valence-electron chi connectivity index (χ0n) is 11.4. The van der Waals surface area contributed by atoms with Gasteiger partial charge in [-0.05, 0) is 25.0 Å². The maximum Gasteiger partial charge on any atom is 0.408 e. The van der Waals surface area contributed by atoms with Crippen molar-refractivity contribution in [1.82, 2.24) is 5.32 Å². The number of benzene rings is 1. The van der Waals surface area contributed by atoms with Crippen molar-refractivity contribution >= 4 is 17.5 Å². The molecule has 2 atom stereocenters. The van der Waals surface area contributed by atoms with Crippen LogP contribution in [0.5, 0.6) is 0 Å². The van der Waals surface area contributed by atoms with E-state index in [2.05, 4.69) is 0 Å². The third-order valence-electron chi connectivity index (χ3n) is 3.54. The van der Waals surface area contributed by atoms with Gasteiger partial charge in [0.05, 0.1) is 0 Å². The minimum atomic E-state index is -4.48. The van der Waals surface area contributed by atoms with Gasteiger partial charge in [0, 0.05) is 12.7 Å². The summed E-state index contributed by atoms with van der Waals surface area (Å²) < 4.78 is 37.7. The lowest BCUT2D eigenvalue weighted by atomic mass is 9.92. The highest BCUT2D eigenvalue weighted by atomic mass is 19.4. The molecule has 1 heterocycles. The monoisotopic (exact) mass is 300 g/mol. The van der Waals surface area contributed by atoms with E-state index in [1.54, 1.807) is 30.3 Å². The number of halogens is 3. The number of hydrogen-bond acceptors (Lipinski definition) is 2. The van der Waals surface area contributed by atoms with E-state index in [0.717, 1.165) is 0 Å². The van der Waals surface area contributed by atoms with Gasteiger partial charge in [-0.15, -0.1) is 0 Å². The smallest absolute Gasteiger partial charge is 0.344 e. The minimum absolute atomic E-state index is 0.105. The summed E-state index contributed by atoms with van der Waals surface area (Å²) in [6, 6.07) is 6.77. The Labute approximate surface area is 119 Å². The van der Waals surface area contributed by atoms with E-state index in [1.165, 1.54) is 11.9 Å². The highest BCUT2D eigenvalue weighted by Crippen LogP contribution is 2.29. The van der Waals surface area contributed by atoms with Gasteiger partial charge in [0.15, 0.2) is 0 Å². The number of amides is 2. The molecule has 0 aliphatic carbocycles. The van der Waals surface area contributed by atoms with Gasteiger partial charge in [0.2, 0.25) is 11.8 Å². The van der Waals surface area contributed by atoms with E-state index in [-0.39, 0.29) is 12.8 Å². The Hall–Kier alpha value is -2.05. The molecule has 1 saturated heterocycles. The van der Waals surface area contributed by atoms with Gasteiger partial charge in [-0.1, -0.05) is 18.2 Å². The van der Waals surface area contributed by atoms with E-state index in [4.69, 9.17) is 0 Å². The Balaban J connectivity index is 2.06. The van der Waals surface area contributed by atoms with Crippen molar-refractivity contribution in [2.24, 2.45) is 5.92 Å². The van der Waals surface area contributed by atoms with Gasteiger partial charge in [-0.25, -0.2) is 0 Å². The molecule has 7 heteroatoms. The molecule has 1 aromatic carbocycles. The van der Waals surface area contributed by atoms with Crippen LogP contribution in [0.25, 0.3) is 0 Å². The van der Waals surface area contributed by atoms with Gasteiger partial charge < -0.3 is 10.2 Å². The quantitative estimate of drug-likeness (QED) is 0.850. The van der Waals surface area contributed by atoms with E-state index < -0.39 is 30.0 Å². The van der Waals surface area contributed by atoms with Crippen molar-refractivity contribution in [3.8, 4) is 0 Å². The highest BCUT2D eigenvalue weighted by molar-refractivity contribution is 6.07. The minimum Gasteiger partial charge on any atom is -0.344 e. The summed E-state index contributed by atoms with van der Waals surface area (Å²) in [5.74, 6) is -2.44. The van der Waals surface area contributed by atoms with Crippen molar-refractivity contribution in [2.45, 2.75) is 25.1 Å². The number of nitrogens with zero attached hydrogens (tertiary/aromatic N) is 1. The molecule has 1 N–H and O–H groups in total. The van der Waals surface area contributed by atoms with E-state index in [9.17, 15) is 22.8 Å². The van der Waals surface area contributed by atoms with E-state index in [0.29, 0.717) is 5.69 Å². The second-order valence-corrected chi connectivity index (χ2v) is 4.97. The maximum atomic E-state index is 12.6. The molecule has 1 aliphatic rings. The van der Waals surface area contributed by atoms with E-state index in [1.807, 2.05) is 5.32 Å². The first-order valence-corrected chi connectivity index (χ1v) is 6.50. The van der Waals surface area contributed by atoms with Crippen LogP contribution in [-0.2, 0) is 9.59 Å². The van der Waals surface area contributed by atoms with Crippen LogP contribution in [0.3, 0.4) is 0 Å². The number of anilines is 1. The van der Waals surface area contributed by atoms with Crippen LogP contribution in [0, 0.1) is 5.92 Å². The van der Waals surface area contributed by atoms with Crippen molar-refractivity contribution in [3.05, 3.63) is 30.3 Å². The van der Waals surface area contributed by atoms with Crippen LogP contribution >= 0.6 is 0 Å². The number of alkyl halides is 3. The van der Waals surface area contributed by atoms with Gasteiger partial charge in [0.1, 0.15) is 12.0 Å². The topological polar surface area (TPSA) is 49.4 Å². The van der Waals surface area contributed by atoms with Crippen molar-refractivity contribution in [3.63, 3.8) is 0 Å². The van der Waals surface area contributed by atoms with Gasteiger partial charge in [-0.2, -0.15) is 13.2 Å². The lowest BCUT2D eigenvalue weighted by Gasteiger charge is -2.31. The predicted molar refractivity (Wildman–Crippen MR) is 70.6 cm³/mol. The molecule has 1 aliphatic heterocycles. The molecule has 0 bridgehead atoms. The number of carbonyl (C=O) groups is 2. The van der Waals surface area contributed by atoms with E-state index >= 15 is 0 Å². The zero-order chi connectivity index (χ0) is 15.6.